The zero-order valence-electron chi connectivity index (χ0n) is 12.0. The molecule has 1 aromatic carbocycles. The zero-order valence-corrected chi connectivity index (χ0v) is 13.5. The molecule has 0 radical (unpaired) electrons. The fourth-order valence-electron chi connectivity index (χ4n) is 2.27. The van der Waals surface area contributed by atoms with Crippen molar-refractivity contribution in [3.8, 4) is 0 Å². The summed E-state index contributed by atoms with van der Waals surface area (Å²) in [6.07, 6.45) is 4.16. The van der Waals surface area contributed by atoms with E-state index in [0.717, 1.165) is 19.4 Å². The van der Waals surface area contributed by atoms with Gasteiger partial charge in [0.05, 0.1) is 5.75 Å². The van der Waals surface area contributed by atoms with Gasteiger partial charge in [-0.15, -0.1) is 11.6 Å². The first-order valence-corrected chi connectivity index (χ1v) is 9.38. The number of benzene rings is 1. The molecular weight excluding hydrogens is 308 g/mol. The van der Waals surface area contributed by atoms with Crippen molar-refractivity contribution in [2.75, 3.05) is 18.2 Å². The summed E-state index contributed by atoms with van der Waals surface area (Å²) in [6.45, 7) is 1.27. The van der Waals surface area contributed by atoms with Gasteiger partial charge >= 0.3 is 0 Å². The molecule has 0 spiro atoms. The van der Waals surface area contributed by atoms with Crippen molar-refractivity contribution < 1.29 is 8.42 Å². The number of hydrogen-bond donors (Lipinski definition) is 1. The molecule has 4 nitrogen and oxygen atoms in total. The van der Waals surface area contributed by atoms with Gasteiger partial charge in [-0.25, -0.2) is 13.1 Å². The molecule has 6 heteroatoms. The second kappa shape index (κ2) is 7.82. The summed E-state index contributed by atoms with van der Waals surface area (Å²) >= 11 is 5.54. The molecule has 2 rings (SSSR count). The van der Waals surface area contributed by atoms with Gasteiger partial charge in [0, 0.05) is 30.7 Å². The van der Waals surface area contributed by atoms with Crippen LogP contribution in [0.2, 0.25) is 0 Å². The van der Waals surface area contributed by atoms with Gasteiger partial charge in [-0.05, 0) is 36.8 Å². The summed E-state index contributed by atoms with van der Waals surface area (Å²) in [5, 5.41) is 1.21. The van der Waals surface area contributed by atoms with Crippen molar-refractivity contribution >= 4 is 32.5 Å². The lowest BCUT2D eigenvalue weighted by Gasteiger charge is -2.08. The molecule has 1 aromatic heterocycles. The predicted molar refractivity (Wildman–Crippen MR) is 88.3 cm³/mol. The average molecular weight is 329 g/mol. The van der Waals surface area contributed by atoms with E-state index in [0.29, 0.717) is 18.8 Å². The summed E-state index contributed by atoms with van der Waals surface area (Å²) in [5.74, 6) is 0.669. The number of para-hydroxylation sites is 1. The van der Waals surface area contributed by atoms with E-state index < -0.39 is 10.0 Å². The number of fused-ring (bicyclic) bond motifs is 1. The van der Waals surface area contributed by atoms with E-state index in [1.165, 1.54) is 10.9 Å². The second-order valence-electron chi connectivity index (χ2n) is 5.03. The molecule has 2 aromatic rings. The predicted octanol–water partition coefficient (Wildman–Crippen LogP) is 2.97. The Kier molecular flexibility index (Phi) is 6.08. The summed E-state index contributed by atoms with van der Waals surface area (Å²) in [4.78, 5) is 0. The molecule has 0 amide bonds. The standard InChI is InChI=1S/C15H21ClN2O2S/c16-9-3-4-13-21(19,20)17-10-5-11-18-12-8-14-6-1-2-7-15(14)18/h1-2,6-8,12,17H,3-5,9-11,13H2. The summed E-state index contributed by atoms with van der Waals surface area (Å²) in [7, 11) is -3.16. The maximum atomic E-state index is 11.7. The van der Waals surface area contributed by atoms with Crippen LogP contribution in [0.15, 0.2) is 36.5 Å². The number of hydrogen-bond acceptors (Lipinski definition) is 2. The van der Waals surface area contributed by atoms with Gasteiger partial charge in [-0.3, -0.25) is 0 Å². The van der Waals surface area contributed by atoms with Gasteiger partial charge in [0.2, 0.25) is 10.0 Å². The highest BCUT2D eigenvalue weighted by atomic mass is 35.5. The third kappa shape index (κ3) is 5.02. The fraction of sp³-hybridized carbons (Fsp3) is 0.467. The van der Waals surface area contributed by atoms with Crippen molar-refractivity contribution in [3.63, 3.8) is 0 Å². The Morgan fingerprint density at radius 3 is 2.71 bits per heavy atom. The van der Waals surface area contributed by atoms with Crippen LogP contribution in [0.5, 0.6) is 0 Å². The van der Waals surface area contributed by atoms with Gasteiger partial charge in [0.1, 0.15) is 0 Å². The van der Waals surface area contributed by atoms with Gasteiger partial charge < -0.3 is 4.57 Å². The van der Waals surface area contributed by atoms with Crippen LogP contribution in [0.25, 0.3) is 10.9 Å². The molecule has 0 saturated heterocycles. The molecule has 0 aliphatic rings. The van der Waals surface area contributed by atoms with E-state index in [4.69, 9.17) is 11.6 Å². The van der Waals surface area contributed by atoms with Crippen molar-refractivity contribution in [3.05, 3.63) is 36.5 Å². The topological polar surface area (TPSA) is 51.1 Å². The van der Waals surface area contributed by atoms with Gasteiger partial charge in [-0.2, -0.15) is 0 Å². The Balaban J connectivity index is 1.77. The molecule has 1 heterocycles. The van der Waals surface area contributed by atoms with Gasteiger partial charge in [-0.1, -0.05) is 18.2 Å². The van der Waals surface area contributed by atoms with Crippen LogP contribution in [0.4, 0.5) is 0 Å². The first kappa shape index (κ1) is 16.3. The molecule has 116 valence electrons. The maximum absolute atomic E-state index is 11.7. The third-order valence-corrected chi connectivity index (χ3v) is 5.11. The number of nitrogens with one attached hydrogen (secondary N) is 1. The number of rotatable bonds is 9. The lowest BCUT2D eigenvalue weighted by molar-refractivity contribution is 0.569. The molecule has 0 fully saturated rings. The van der Waals surface area contributed by atoms with Gasteiger partial charge in [0.15, 0.2) is 0 Å². The summed E-state index contributed by atoms with van der Waals surface area (Å²) < 4.78 is 28.2. The number of alkyl halides is 1. The fourth-order valence-corrected chi connectivity index (χ4v) is 3.64. The zero-order chi connectivity index (χ0) is 15.1. The van der Waals surface area contributed by atoms with Crippen molar-refractivity contribution in [2.45, 2.75) is 25.8 Å². The number of nitrogens with zero attached hydrogens (tertiary/aromatic N) is 1. The van der Waals surface area contributed by atoms with Crippen LogP contribution in [0, 0.1) is 0 Å². The van der Waals surface area contributed by atoms with Crippen LogP contribution in [-0.4, -0.2) is 31.2 Å². The molecule has 0 aliphatic heterocycles. The van der Waals surface area contributed by atoms with E-state index in [1.807, 2.05) is 18.3 Å². The Morgan fingerprint density at radius 2 is 1.90 bits per heavy atom. The highest BCUT2D eigenvalue weighted by Gasteiger charge is 2.08. The molecule has 0 atom stereocenters. The molecule has 0 aliphatic carbocycles. The Morgan fingerprint density at radius 1 is 1.10 bits per heavy atom. The number of halogens is 1. The van der Waals surface area contributed by atoms with Crippen LogP contribution >= 0.6 is 11.6 Å². The van der Waals surface area contributed by atoms with E-state index in [1.54, 1.807) is 0 Å². The first-order chi connectivity index (χ1) is 10.1. The highest BCUT2D eigenvalue weighted by Crippen LogP contribution is 2.15. The molecule has 0 bridgehead atoms. The van der Waals surface area contributed by atoms with E-state index in [2.05, 4.69) is 27.5 Å². The van der Waals surface area contributed by atoms with E-state index in [9.17, 15) is 8.42 Å². The quantitative estimate of drug-likeness (QED) is 0.568. The normalized spacial score (nSPS) is 12.0. The summed E-state index contributed by atoms with van der Waals surface area (Å²) in [5.41, 5.74) is 1.18. The van der Waals surface area contributed by atoms with E-state index >= 15 is 0 Å². The Hall–Kier alpha value is -1.04. The third-order valence-electron chi connectivity index (χ3n) is 3.37. The lowest BCUT2D eigenvalue weighted by Crippen LogP contribution is -2.28. The van der Waals surface area contributed by atoms with E-state index in [-0.39, 0.29) is 5.75 Å². The molecule has 0 saturated carbocycles. The Bertz CT molecular complexity index is 667. The maximum Gasteiger partial charge on any atom is 0.211 e. The van der Waals surface area contributed by atoms with Gasteiger partial charge in [0.25, 0.3) is 0 Å². The Labute approximate surface area is 131 Å². The van der Waals surface area contributed by atoms with Crippen molar-refractivity contribution in [1.29, 1.82) is 0 Å². The van der Waals surface area contributed by atoms with Crippen molar-refractivity contribution in [2.24, 2.45) is 0 Å². The summed E-state index contributed by atoms with van der Waals surface area (Å²) in [6, 6.07) is 10.3. The average Bonchev–Trinajstić information content (AvgIpc) is 2.87. The first-order valence-electron chi connectivity index (χ1n) is 7.19. The van der Waals surface area contributed by atoms with Crippen LogP contribution < -0.4 is 4.72 Å². The van der Waals surface area contributed by atoms with Crippen LogP contribution in [0.1, 0.15) is 19.3 Å². The number of sulfonamides is 1. The molecule has 21 heavy (non-hydrogen) atoms. The molecular formula is C15H21ClN2O2S. The second-order valence-corrected chi connectivity index (χ2v) is 7.34. The molecule has 1 N–H and O–H groups in total. The smallest absolute Gasteiger partial charge is 0.211 e. The minimum atomic E-state index is -3.16. The minimum absolute atomic E-state index is 0.159. The number of aryl methyl sites for hydroxylation is 1. The monoisotopic (exact) mass is 328 g/mol. The highest BCUT2D eigenvalue weighted by molar-refractivity contribution is 7.89. The number of aromatic nitrogens is 1. The number of unbranched alkanes of at least 4 members (excludes halogenated alkanes) is 1. The van der Waals surface area contributed by atoms with Crippen molar-refractivity contribution in [1.82, 2.24) is 9.29 Å². The SMILES string of the molecule is O=S(=O)(CCCCCl)NCCCn1ccc2ccccc21. The minimum Gasteiger partial charge on any atom is -0.347 e. The largest absolute Gasteiger partial charge is 0.347 e. The van der Waals surface area contributed by atoms with Crippen LogP contribution in [0.3, 0.4) is 0 Å². The lowest BCUT2D eigenvalue weighted by atomic mass is 10.2. The molecule has 0 unspecified atom stereocenters. The van der Waals surface area contributed by atoms with Crippen LogP contribution in [-0.2, 0) is 16.6 Å².